The second kappa shape index (κ2) is 16.1. The van der Waals surface area contributed by atoms with E-state index in [0.29, 0.717) is 31.3 Å². The molecule has 4 rings (SSSR count). The molecule has 1 saturated heterocycles. The van der Waals surface area contributed by atoms with Crippen LogP contribution in [0.5, 0.6) is 0 Å². The lowest BCUT2D eigenvalue weighted by Crippen LogP contribution is -2.58. The van der Waals surface area contributed by atoms with Crippen molar-refractivity contribution in [1.82, 2.24) is 20.9 Å². The number of amides is 4. The van der Waals surface area contributed by atoms with Gasteiger partial charge in [-0.3, -0.25) is 24.0 Å². The van der Waals surface area contributed by atoms with Gasteiger partial charge >= 0.3 is 5.97 Å². The number of rotatable bonds is 13. The van der Waals surface area contributed by atoms with Crippen molar-refractivity contribution in [3.05, 3.63) is 23.8 Å². The number of nitrogens with two attached hydrogens (primary N) is 1. The number of fused-ring (bicyclic) bond motifs is 1. The normalized spacial score (nSPS) is 25.2. The molecule has 3 fully saturated rings. The number of hydrogen-bond donors (Lipinski definition) is 5. The summed E-state index contributed by atoms with van der Waals surface area (Å²) in [6.07, 6.45) is 16.4. The van der Waals surface area contributed by atoms with Crippen LogP contribution in [0.2, 0.25) is 0 Å². The van der Waals surface area contributed by atoms with E-state index in [9.17, 15) is 33.9 Å². The van der Waals surface area contributed by atoms with Crippen LogP contribution in [0.4, 0.5) is 0 Å². The van der Waals surface area contributed by atoms with Gasteiger partial charge in [-0.2, -0.15) is 0 Å². The van der Waals surface area contributed by atoms with Crippen LogP contribution in [0.3, 0.4) is 0 Å². The molecule has 0 bridgehead atoms. The first-order valence-electron chi connectivity index (χ1n) is 16.7. The largest absolute Gasteiger partial charge is 0.479 e. The second-order valence-corrected chi connectivity index (χ2v) is 13.0. The SMILES string of the molecule is CCCC(NC(=O)[C@@H]1C[C@@H]2CCCC[C@@H]2N1C(=O)C(N)C1CCCCC1)C(=O)C(=O)NCC(=O)NC(C(=O)O)C1=CC=CCC1. The van der Waals surface area contributed by atoms with Gasteiger partial charge in [0.1, 0.15) is 12.1 Å². The average Bonchev–Trinajstić information content (AvgIpc) is 3.45. The highest BCUT2D eigenvalue weighted by Crippen LogP contribution is 2.41. The van der Waals surface area contributed by atoms with Crippen molar-refractivity contribution in [2.45, 2.75) is 127 Å². The van der Waals surface area contributed by atoms with Gasteiger partial charge in [0.15, 0.2) is 0 Å². The maximum Gasteiger partial charge on any atom is 0.330 e. The molecule has 3 aliphatic carbocycles. The number of nitrogens with zero attached hydrogens (tertiary/aromatic N) is 1. The monoisotopic (exact) mass is 627 g/mol. The Hall–Kier alpha value is -3.54. The van der Waals surface area contributed by atoms with E-state index in [1.54, 1.807) is 17.1 Å². The zero-order chi connectivity index (χ0) is 32.5. The molecule has 12 nitrogen and oxygen atoms in total. The molecule has 45 heavy (non-hydrogen) atoms. The fourth-order valence-electron chi connectivity index (χ4n) is 7.50. The third-order valence-electron chi connectivity index (χ3n) is 9.90. The molecular weight excluding hydrogens is 578 g/mol. The molecular formula is C33H49N5O7. The maximum absolute atomic E-state index is 13.8. The molecule has 0 spiro atoms. The summed E-state index contributed by atoms with van der Waals surface area (Å²) in [7, 11) is 0. The van der Waals surface area contributed by atoms with Gasteiger partial charge in [0.25, 0.3) is 5.91 Å². The van der Waals surface area contributed by atoms with Crippen LogP contribution < -0.4 is 21.7 Å². The summed E-state index contributed by atoms with van der Waals surface area (Å²) in [5, 5.41) is 17.0. The number of ketones is 1. The molecule has 6 atom stereocenters. The summed E-state index contributed by atoms with van der Waals surface area (Å²) < 4.78 is 0. The quantitative estimate of drug-likeness (QED) is 0.191. The lowest BCUT2D eigenvalue weighted by atomic mass is 9.82. The summed E-state index contributed by atoms with van der Waals surface area (Å²) in [4.78, 5) is 79.5. The Morgan fingerprint density at radius 3 is 2.38 bits per heavy atom. The third kappa shape index (κ3) is 8.59. The average molecular weight is 628 g/mol. The van der Waals surface area contributed by atoms with E-state index in [1.807, 2.05) is 13.0 Å². The van der Waals surface area contributed by atoms with E-state index in [0.717, 1.165) is 57.8 Å². The Bertz CT molecular complexity index is 1190. The van der Waals surface area contributed by atoms with Crippen LogP contribution in [0.25, 0.3) is 0 Å². The van der Waals surface area contributed by atoms with Crippen molar-refractivity contribution in [1.29, 1.82) is 0 Å². The third-order valence-corrected chi connectivity index (χ3v) is 9.90. The predicted molar refractivity (Wildman–Crippen MR) is 166 cm³/mol. The van der Waals surface area contributed by atoms with Crippen molar-refractivity contribution in [2.75, 3.05) is 6.54 Å². The van der Waals surface area contributed by atoms with E-state index in [1.165, 1.54) is 0 Å². The molecule has 0 aromatic rings. The van der Waals surface area contributed by atoms with Crippen LogP contribution in [-0.4, -0.2) is 82.1 Å². The van der Waals surface area contributed by atoms with E-state index in [-0.39, 0.29) is 30.2 Å². The van der Waals surface area contributed by atoms with Gasteiger partial charge in [-0.15, -0.1) is 0 Å². The summed E-state index contributed by atoms with van der Waals surface area (Å²) in [5.74, 6) is -4.32. The van der Waals surface area contributed by atoms with E-state index < -0.39 is 60.2 Å². The summed E-state index contributed by atoms with van der Waals surface area (Å²) in [6.45, 7) is 1.22. The lowest BCUT2D eigenvalue weighted by molar-refractivity contribution is -0.145. The standard InChI is InChI=1S/C33H49N5O7/c1-2-11-23(29(40)31(42)35-19-26(39)37-28(33(44)45)21-14-7-4-8-15-21)36-30(41)25-18-22-16-9-10-17-24(22)38(25)32(43)27(34)20-12-5-3-6-13-20/h4,7,14,20,22-25,27-28H,2-3,5-6,8-13,15-19,34H2,1H3,(H,35,42)(H,36,41)(H,37,39)(H,44,45)/t22-,23?,24-,25-,27?,28?/m0/s1. The summed E-state index contributed by atoms with van der Waals surface area (Å²) in [5.41, 5.74) is 7.07. The zero-order valence-electron chi connectivity index (χ0n) is 26.3. The number of carbonyl (C=O) groups is 6. The molecule has 12 heteroatoms. The van der Waals surface area contributed by atoms with Crippen LogP contribution in [0.15, 0.2) is 23.8 Å². The molecule has 4 amide bonds. The minimum atomic E-state index is -1.24. The van der Waals surface area contributed by atoms with Gasteiger partial charge in [0.05, 0.1) is 18.6 Å². The summed E-state index contributed by atoms with van der Waals surface area (Å²) in [6, 6.07) is -3.87. The van der Waals surface area contributed by atoms with E-state index >= 15 is 0 Å². The number of carboxylic acids is 1. The topological polar surface area (TPSA) is 188 Å². The molecule has 2 saturated carbocycles. The number of nitrogens with one attached hydrogen (secondary N) is 3. The van der Waals surface area contributed by atoms with Gasteiger partial charge in [0, 0.05) is 6.04 Å². The Morgan fingerprint density at radius 1 is 1.00 bits per heavy atom. The number of aliphatic carboxylic acids is 1. The predicted octanol–water partition coefficient (Wildman–Crippen LogP) is 1.87. The number of Topliss-reactive ketones (excluding diaryl/α,β-unsaturated/α-hetero) is 1. The molecule has 248 valence electrons. The van der Waals surface area contributed by atoms with Gasteiger partial charge in [-0.25, -0.2) is 4.79 Å². The second-order valence-electron chi connectivity index (χ2n) is 13.0. The smallest absolute Gasteiger partial charge is 0.330 e. The van der Waals surface area contributed by atoms with Crippen molar-refractivity contribution in [2.24, 2.45) is 17.6 Å². The van der Waals surface area contributed by atoms with Crippen molar-refractivity contribution in [3.63, 3.8) is 0 Å². The Balaban J connectivity index is 1.38. The van der Waals surface area contributed by atoms with Crippen LogP contribution in [0, 0.1) is 11.8 Å². The van der Waals surface area contributed by atoms with Gasteiger partial charge in [0.2, 0.25) is 23.5 Å². The van der Waals surface area contributed by atoms with Crippen LogP contribution in [-0.2, 0) is 28.8 Å². The van der Waals surface area contributed by atoms with Crippen LogP contribution in [0.1, 0.15) is 96.8 Å². The summed E-state index contributed by atoms with van der Waals surface area (Å²) >= 11 is 0. The first kappa shape index (κ1) is 34.3. The number of carbonyl (C=O) groups excluding carboxylic acids is 5. The minimum Gasteiger partial charge on any atom is -0.479 e. The molecule has 1 heterocycles. The Kier molecular flexibility index (Phi) is 12.3. The number of hydrogen-bond acceptors (Lipinski definition) is 7. The molecule has 0 aromatic heterocycles. The highest BCUT2D eigenvalue weighted by molar-refractivity contribution is 6.38. The van der Waals surface area contributed by atoms with Gasteiger partial charge in [-0.1, -0.05) is 63.7 Å². The van der Waals surface area contributed by atoms with Gasteiger partial charge in [-0.05, 0) is 68.8 Å². The number of allylic oxidation sites excluding steroid dienone is 3. The van der Waals surface area contributed by atoms with Crippen molar-refractivity contribution >= 4 is 35.4 Å². The molecule has 0 radical (unpaired) electrons. The fraction of sp³-hybridized carbons (Fsp3) is 0.697. The van der Waals surface area contributed by atoms with Gasteiger partial charge < -0.3 is 31.7 Å². The molecule has 6 N–H and O–H groups in total. The molecule has 3 unspecified atom stereocenters. The maximum atomic E-state index is 13.8. The highest BCUT2D eigenvalue weighted by Gasteiger charge is 2.49. The first-order chi connectivity index (χ1) is 21.6. The minimum absolute atomic E-state index is 0.0613. The van der Waals surface area contributed by atoms with E-state index in [4.69, 9.17) is 5.73 Å². The molecule has 1 aliphatic heterocycles. The molecule has 0 aromatic carbocycles. The zero-order valence-corrected chi connectivity index (χ0v) is 26.3. The first-order valence-corrected chi connectivity index (χ1v) is 16.7. The fourth-order valence-corrected chi connectivity index (χ4v) is 7.50. The van der Waals surface area contributed by atoms with Crippen molar-refractivity contribution < 1.29 is 33.9 Å². The highest BCUT2D eigenvalue weighted by atomic mass is 16.4. The van der Waals surface area contributed by atoms with Crippen LogP contribution >= 0.6 is 0 Å². The van der Waals surface area contributed by atoms with E-state index in [2.05, 4.69) is 16.0 Å². The Morgan fingerprint density at radius 2 is 1.71 bits per heavy atom. The lowest BCUT2D eigenvalue weighted by Gasteiger charge is -2.37. The number of carboxylic acid groups (broad SMARTS) is 1. The number of likely N-dealkylation sites (tertiary alicyclic amines) is 1. The molecule has 4 aliphatic rings. The Labute approximate surface area is 265 Å². The van der Waals surface area contributed by atoms with Crippen molar-refractivity contribution in [3.8, 4) is 0 Å².